The number of nitrogen functional groups attached to an aromatic ring is 1. The number of likely N-dealkylation sites (tertiary alicyclic amines) is 1. The molecule has 0 saturated carbocycles. The second-order valence-electron chi connectivity index (χ2n) is 8.46. The van der Waals surface area contributed by atoms with E-state index in [-0.39, 0.29) is 28.1 Å². The Balaban J connectivity index is 1.39. The molecule has 1 saturated heterocycles. The predicted molar refractivity (Wildman–Crippen MR) is 136 cm³/mol. The van der Waals surface area contributed by atoms with E-state index in [0.29, 0.717) is 25.9 Å². The number of pyridine rings is 1. The number of aromatic nitrogens is 4. The number of amides is 1. The first kappa shape index (κ1) is 23.2. The van der Waals surface area contributed by atoms with Gasteiger partial charge in [0.1, 0.15) is 5.82 Å². The fourth-order valence-corrected chi connectivity index (χ4v) is 4.53. The van der Waals surface area contributed by atoms with Crippen molar-refractivity contribution in [3.63, 3.8) is 0 Å². The number of aromatic amines is 1. The highest BCUT2D eigenvalue weighted by Crippen LogP contribution is 2.29. The molecule has 0 aliphatic carbocycles. The summed E-state index contributed by atoms with van der Waals surface area (Å²) in [5.74, 6) is -1.61. The normalized spacial score (nSPS) is 14.1. The van der Waals surface area contributed by atoms with E-state index in [1.165, 1.54) is 21.4 Å². The molecule has 0 radical (unpaired) electrons. The minimum atomic E-state index is -0.775. The van der Waals surface area contributed by atoms with E-state index in [4.69, 9.17) is 5.73 Å². The van der Waals surface area contributed by atoms with Gasteiger partial charge in [0.15, 0.2) is 11.6 Å². The number of hydrogen-bond donors (Lipinski definition) is 2. The minimum Gasteiger partial charge on any atom is -0.382 e. The molecule has 3 N–H and O–H groups in total. The van der Waals surface area contributed by atoms with Crippen LogP contribution in [-0.4, -0.2) is 62.7 Å². The predicted octanol–water partition coefficient (Wildman–Crippen LogP) is 3.43. The largest absolute Gasteiger partial charge is 0.382 e. The molecule has 1 aliphatic heterocycles. The van der Waals surface area contributed by atoms with Crippen LogP contribution < -0.4 is 5.73 Å². The summed E-state index contributed by atoms with van der Waals surface area (Å²) in [5, 5.41) is 4.09. The number of aliphatic imine (C=N–C) groups is 1. The molecule has 1 aliphatic rings. The fourth-order valence-electron chi connectivity index (χ4n) is 4.53. The molecule has 0 unspecified atom stereocenters. The molecule has 4 aromatic rings. The van der Waals surface area contributed by atoms with Gasteiger partial charge < -0.3 is 15.6 Å². The SMILES string of the molecule is CN=CC(=C1CCN(C(=O)C(=O)c2c[nH]c3c(-n4ccc(N)n4)ncc(F)c23)CC1)c1ccccc1. The van der Waals surface area contributed by atoms with E-state index >= 15 is 0 Å². The summed E-state index contributed by atoms with van der Waals surface area (Å²) in [5.41, 5.74) is 9.17. The minimum absolute atomic E-state index is 0.00413. The van der Waals surface area contributed by atoms with Crippen LogP contribution in [0, 0.1) is 5.82 Å². The topological polar surface area (TPSA) is 122 Å². The molecule has 36 heavy (non-hydrogen) atoms. The summed E-state index contributed by atoms with van der Waals surface area (Å²) in [7, 11) is 1.73. The quantitative estimate of drug-likeness (QED) is 0.255. The summed E-state index contributed by atoms with van der Waals surface area (Å²) in [6, 6.07) is 11.5. The molecule has 0 spiro atoms. The number of piperidine rings is 1. The van der Waals surface area contributed by atoms with Gasteiger partial charge in [0.25, 0.3) is 11.7 Å². The highest BCUT2D eigenvalue weighted by Gasteiger charge is 2.30. The molecule has 4 heterocycles. The van der Waals surface area contributed by atoms with E-state index in [1.54, 1.807) is 19.3 Å². The van der Waals surface area contributed by atoms with Crippen LogP contribution in [0.15, 0.2) is 65.6 Å². The first-order chi connectivity index (χ1) is 17.5. The number of rotatable bonds is 5. The third-order valence-electron chi connectivity index (χ3n) is 6.29. The Morgan fingerprint density at radius 1 is 1.17 bits per heavy atom. The van der Waals surface area contributed by atoms with Crippen molar-refractivity contribution in [2.75, 3.05) is 25.9 Å². The van der Waals surface area contributed by atoms with Gasteiger partial charge in [-0.25, -0.2) is 14.1 Å². The first-order valence-electron chi connectivity index (χ1n) is 11.5. The molecule has 3 aromatic heterocycles. The number of hydrogen-bond acceptors (Lipinski definition) is 6. The van der Waals surface area contributed by atoms with Crippen LogP contribution in [-0.2, 0) is 4.79 Å². The lowest BCUT2D eigenvalue weighted by Crippen LogP contribution is -2.40. The Kier molecular flexibility index (Phi) is 6.16. The Morgan fingerprint density at radius 3 is 2.58 bits per heavy atom. The molecule has 1 amide bonds. The van der Waals surface area contributed by atoms with Gasteiger partial charge in [-0.2, -0.15) is 0 Å². The van der Waals surface area contributed by atoms with Gasteiger partial charge in [-0.3, -0.25) is 14.6 Å². The zero-order valence-corrected chi connectivity index (χ0v) is 19.6. The molecule has 182 valence electrons. The maximum absolute atomic E-state index is 14.8. The number of fused-ring (bicyclic) bond motifs is 1. The Hall–Kier alpha value is -4.60. The highest BCUT2D eigenvalue weighted by molar-refractivity contribution is 6.45. The van der Waals surface area contributed by atoms with Gasteiger partial charge in [-0.05, 0) is 24.0 Å². The number of nitrogens with one attached hydrogen (secondary N) is 1. The number of benzene rings is 1. The number of nitrogens with zero attached hydrogens (tertiary/aromatic N) is 5. The van der Waals surface area contributed by atoms with Gasteiger partial charge >= 0.3 is 0 Å². The van der Waals surface area contributed by atoms with Crippen LogP contribution in [0.4, 0.5) is 10.2 Å². The zero-order chi connectivity index (χ0) is 25.2. The molecule has 9 nitrogen and oxygen atoms in total. The van der Waals surface area contributed by atoms with Crippen molar-refractivity contribution in [2.45, 2.75) is 12.8 Å². The number of H-pyrrole nitrogens is 1. The molecule has 1 fully saturated rings. The van der Waals surface area contributed by atoms with Gasteiger partial charge in [-0.1, -0.05) is 35.9 Å². The van der Waals surface area contributed by atoms with Gasteiger partial charge in [0, 0.05) is 44.8 Å². The number of halogens is 1. The number of nitrogens with two attached hydrogens (primary N) is 1. The number of carbonyl (C=O) groups excluding carboxylic acids is 2. The fraction of sp³-hybridized carbons (Fsp3) is 0.192. The van der Waals surface area contributed by atoms with Crippen molar-refractivity contribution < 1.29 is 14.0 Å². The Morgan fingerprint density at radius 2 is 1.92 bits per heavy atom. The molecule has 10 heteroatoms. The van der Waals surface area contributed by atoms with Crippen LogP contribution in [0.25, 0.3) is 22.3 Å². The van der Waals surface area contributed by atoms with Gasteiger partial charge in [0.2, 0.25) is 0 Å². The van der Waals surface area contributed by atoms with E-state index in [9.17, 15) is 14.0 Å². The average molecular weight is 486 g/mol. The molecule has 1 aromatic carbocycles. The van der Waals surface area contributed by atoms with Crippen molar-refractivity contribution in [3.8, 4) is 5.82 Å². The van der Waals surface area contributed by atoms with Crippen molar-refractivity contribution in [3.05, 3.63) is 77.5 Å². The number of anilines is 1. The summed E-state index contributed by atoms with van der Waals surface area (Å²) in [6.45, 7) is 0.774. The molecule has 5 rings (SSSR count). The lowest BCUT2D eigenvalue weighted by atomic mass is 9.93. The second-order valence-corrected chi connectivity index (χ2v) is 8.46. The highest BCUT2D eigenvalue weighted by atomic mass is 19.1. The summed E-state index contributed by atoms with van der Waals surface area (Å²) >= 11 is 0. The zero-order valence-electron chi connectivity index (χ0n) is 19.6. The lowest BCUT2D eigenvalue weighted by molar-refractivity contribution is -0.126. The number of carbonyl (C=O) groups is 2. The third-order valence-corrected chi connectivity index (χ3v) is 6.29. The van der Waals surface area contributed by atoms with E-state index in [0.717, 1.165) is 17.3 Å². The third kappa shape index (κ3) is 4.17. The maximum Gasteiger partial charge on any atom is 0.295 e. The summed E-state index contributed by atoms with van der Waals surface area (Å²) in [4.78, 5) is 39.0. The Labute approximate surface area is 206 Å². The number of allylic oxidation sites excluding steroid dienone is 1. The van der Waals surface area contributed by atoms with Crippen molar-refractivity contribution >= 4 is 40.2 Å². The Bertz CT molecular complexity index is 1510. The summed E-state index contributed by atoms with van der Waals surface area (Å²) < 4.78 is 16.2. The van der Waals surface area contributed by atoms with E-state index in [1.807, 2.05) is 36.5 Å². The van der Waals surface area contributed by atoms with Crippen LogP contribution in [0.2, 0.25) is 0 Å². The van der Waals surface area contributed by atoms with Crippen molar-refractivity contribution in [1.82, 2.24) is 24.6 Å². The summed E-state index contributed by atoms with van der Waals surface area (Å²) in [6.07, 6.45) is 6.99. The molecule has 0 bridgehead atoms. The van der Waals surface area contributed by atoms with Crippen LogP contribution in [0.1, 0.15) is 28.8 Å². The monoisotopic (exact) mass is 485 g/mol. The second kappa shape index (κ2) is 9.57. The average Bonchev–Trinajstić information content (AvgIpc) is 3.55. The number of Topliss-reactive ketones (excluding diaryl/α,β-unsaturated/α-hetero) is 1. The van der Waals surface area contributed by atoms with Crippen LogP contribution in [0.3, 0.4) is 0 Å². The van der Waals surface area contributed by atoms with Crippen LogP contribution in [0.5, 0.6) is 0 Å². The van der Waals surface area contributed by atoms with Crippen molar-refractivity contribution in [2.24, 2.45) is 4.99 Å². The molecular weight excluding hydrogens is 461 g/mol. The van der Waals surface area contributed by atoms with Crippen molar-refractivity contribution in [1.29, 1.82) is 0 Å². The molecule has 0 atom stereocenters. The van der Waals surface area contributed by atoms with E-state index in [2.05, 4.69) is 20.1 Å². The first-order valence-corrected chi connectivity index (χ1v) is 11.5. The van der Waals surface area contributed by atoms with Crippen LogP contribution >= 0.6 is 0 Å². The number of ketones is 1. The maximum atomic E-state index is 14.8. The molecular formula is C26H24FN7O2. The van der Waals surface area contributed by atoms with E-state index < -0.39 is 17.5 Å². The lowest BCUT2D eigenvalue weighted by Gasteiger charge is -2.29. The van der Waals surface area contributed by atoms with Gasteiger partial charge in [-0.15, -0.1) is 5.10 Å². The smallest absolute Gasteiger partial charge is 0.295 e. The van der Waals surface area contributed by atoms with Gasteiger partial charge in [0.05, 0.1) is 22.7 Å². The standard InChI is InChI=1S/C26H24FN7O2/c1-29-13-18(16-5-3-2-4-6-16)17-7-10-33(11-8-17)26(36)24(35)19-14-30-23-22(19)20(27)15-31-25(23)34-12-9-21(28)32-34/h2-6,9,12-15,30H,7-8,10-11H2,1H3,(H2,28,32).